The molecule has 2 heterocycles. The maximum atomic E-state index is 14.2. The van der Waals surface area contributed by atoms with Gasteiger partial charge in [-0.05, 0) is 36.8 Å². The number of benzene rings is 2. The second-order valence-electron chi connectivity index (χ2n) is 6.75. The molecule has 8 heteroatoms. The number of halogens is 1. The summed E-state index contributed by atoms with van der Waals surface area (Å²) in [6, 6.07) is 14.6. The van der Waals surface area contributed by atoms with Crippen LogP contribution in [-0.2, 0) is 6.54 Å². The minimum Gasteiger partial charge on any atom is -0.333 e. The fraction of sp³-hybridized carbons (Fsp3) is 0.0909. The molecule has 0 saturated heterocycles. The number of carbonyl (C=O) groups excluding carboxylic acids is 1. The smallest absolute Gasteiger partial charge is 0.280 e. The van der Waals surface area contributed by atoms with Crippen LogP contribution in [0.15, 0.2) is 78.1 Å². The van der Waals surface area contributed by atoms with Crippen LogP contribution in [0.25, 0.3) is 5.69 Å². The minimum atomic E-state index is -0.662. The van der Waals surface area contributed by atoms with Crippen molar-refractivity contribution < 1.29 is 9.18 Å². The minimum absolute atomic E-state index is 0.159. The molecule has 0 radical (unpaired) electrons. The second kappa shape index (κ2) is 8.12. The van der Waals surface area contributed by atoms with Gasteiger partial charge in [0.15, 0.2) is 5.69 Å². The summed E-state index contributed by atoms with van der Waals surface area (Å²) in [5.41, 5.74) is 1.20. The molecule has 0 aliphatic rings. The lowest BCUT2D eigenvalue weighted by Crippen LogP contribution is -2.27. The van der Waals surface area contributed by atoms with E-state index in [2.05, 4.69) is 15.4 Å². The van der Waals surface area contributed by atoms with E-state index in [1.165, 1.54) is 22.9 Å². The van der Waals surface area contributed by atoms with Gasteiger partial charge in [-0.25, -0.2) is 14.1 Å². The van der Waals surface area contributed by atoms with Crippen molar-refractivity contribution in [2.45, 2.75) is 13.5 Å². The van der Waals surface area contributed by atoms with E-state index in [9.17, 15) is 14.0 Å². The van der Waals surface area contributed by atoms with Crippen LogP contribution in [0.5, 0.6) is 0 Å². The summed E-state index contributed by atoms with van der Waals surface area (Å²) < 4.78 is 17.3. The van der Waals surface area contributed by atoms with E-state index in [0.29, 0.717) is 17.9 Å². The van der Waals surface area contributed by atoms with Crippen LogP contribution in [0.1, 0.15) is 21.7 Å². The van der Waals surface area contributed by atoms with Gasteiger partial charge in [0.05, 0.1) is 6.33 Å². The topological polar surface area (TPSA) is 81.8 Å². The van der Waals surface area contributed by atoms with Crippen molar-refractivity contribution in [3.63, 3.8) is 0 Å². The van der Waals surface area contributed by atoms with Crippen molar-refractivity contribution in [1.82, 2.24) is 19.3 Å². The molecular weight excluding hydrogens is 385 g/mol. The van der Waals surface area contributed by atoms with Crippen molar-refractivity contribution in [3.05, 3.63) is 106 Å². The van der Waals surface area contributed by atoms with Crippen molar-refractivity contribution in [2.24, 2.45) is 0 Å². The zero-order valence-electron chi connectivity index (χ0n) is 16.1. The number of nitrogens with one attached hydrogen (secondary N) is 1. The molecule has 1 N–H and O–H groups in total. The zero-order chi connectivity index (χ0) is 21.1. The molecule has 30 heavy (non-hydrogen) atoms. The first kappa shape index (κ1) is 19.3. The number of amides is 1. The fourth-order valence-corrected chi connectivity index (χ4v) is 3.10. The first-order chi connectivity index (χ1) is 14.5. The third-order valence-corrected chi connectivity index (χ3v) is 4.51. The molecule has 0 aliphatic heterocycles. The number of anilines is 1. The molecular formula is C22H18FN5O2. The maximum absolute atomic E-state index is 14.2. The average molecular weight is 403 g/mol. The molecule has 0 unspecified atom stereocenters. The summed E-state index contributed by atoms with van der Waals surface area (Å²) in [6.45, 7) is 2.22. The lowest BCUT2D eigenvalue weighted by Gasteiger charge is -2.12. The summed E-state index contributed by atoms with van der Waals surface area (Å²) in [7, 11) is 0. The highest BCUT2D eigenvalue weighted by Gasteiger charge is 2.17. The zero-order valence-corrected chi connectivity index (χ0v) is 16.1. The fourth-order valence-electron chi connectivity index (χ4n) is 3.10. The Bertz CT molecular complexity index is 1260. The Morgan fingerprint density at radius 2 is 1.97 bits per heavy atom. The standard InChI is InChI=1S/C22H18FN5O2/c1-15-11-20(29)21(26-28(15)19-8-3-2-7-18(19)23)22(30)25-17-6-4-5-16(12-17)13-27-10-9-24-14-27/h2-12,14H,13H2,1H3,(H,25,30). The highest BCUT2D eigenvalue weighted by atomic mass is 19.1. The molecule has 0 spiro atoms. The Morgan fingerprint density at radius 3 is 2.73 bits per heavy atom. The van der Waals surface area contributed by atoms with Gasteiger partial charge >= 0.3 is 0 Å². The predicted octanol–water partition coefficient (Wildman–Crippen LogP) is 3.18. The molecule has 0 atom stereocenters. The van der Waals surface area contributed by atoms with Crippen molar-refractivity contribution in [2.75, 3.05) is 5.32 Å². The molecule has 4 aromatic rings. The molecule has 7 nitrogen and oxygen atoms in total. The number of aromatic nitrogens is 4. The number of para-hydroxylation sites is 1. The van der Waals surface area contributed by atoms with Crippen molar-refractivity contribution >= 4 is 11.6 Å². The number of carbonyl (C=O) groups is 1. The highest BCUT2D eigenvalue weighted by molar-refractivity contribution is 6.02. The third-order valence-electron chi connectivity index (χ3n) is 4.51. The van der Waals surface area contributed by atoms with Gasteiger partial charge in [0, 0.05) is 36.4 Å². The second-order valence-corrected chi connectivity index (χ2v) is 6.75. The van der Waals surface area contributed by atoms with Gasteiger partial charge in [-0.1, -0.05) is 24.3 Å². The van der Waals surface area contributed by atoms with Crippen LogP contribution in [0.2, 0.25) is 0 Å². The van der Waals surface area contributed by atoms with Crippen LogP contribution < -0.4 is 10.7 Å². The first-order valence-electron chi connectivity index (χ1n) is 9.23. The molecule has 0 saturated carbocycles. The normalized spacial score (nSPS) is 10.7. The molecule has 150 valence electrons. The van der Waals surface area contributed by atoms with Crippen LogP contribution in [-0.4, -0.2) is 25.2 Å². The van der Waals surface area contributed by atoms with E-state index in [4.69, 9.17) is 0 Å². The Hall–Kier alpha value is -4.07. The number of aryl methyl sites for hydroxylation is 1. The van der Waals surface area contributed by atoms with Gasteiger partial charge in [0.25, 0.3) is 5.91 Å². The lowest BCUT2D eigenvalue weighted by molar-refractivity contribution is 0.101. The van der Waals surface area contributed by atoms with Gasteiger partial charge in [-0.3, -0.25) is 9.59 Å². The molecule has 2 aromatic carbocycles. The molecule has 0 bridgehead atoms. The molecule has 4 rings (SSSR count). The summed E-state index contributed by atoms with van der Waals surface area (Å²) in [5.74, 6) is -1.17. The van der Waals surface area contributed by atoms with Gasteiger partial charge in [-0.15, -0.1) is 0 Å². The molecule has 0 aliphatic carbocycles. The van der Waals surface area contributed by atoms with Crippen LogP contribution in [0.3, 0.4) is 0 Å². The number of hydrogen-bond acceptors (Lipinski definition) is 4. The Kier molecular flexibility index (Phi) is 5.21. The van der Waals surface area contributed by atoms with Crippen LogP contribution >= 0.6 is 0 Å². The van der Waals surface area contributed by atoms with Crippen molar-refractivity contribution in [1.29, 1.82) is 0 Å². The van der Waals surface area contributed by atoms with E-state index in [0.717, 1.165) is 5.56 Å². The van der Waals surface area contributed by atoms with Crippen LogP contribution in [0, 0.1) is 12.7 Å². The number of hydrogen-bond donors (Lipinski definition) is 1. The van der Waals surface area contributed by atoms with E-state index < -0.39 is 17.2 Å². The highest BCUT2D eigenvalue weighted by Crippen LogP contribution is 2.15. The summed E-state index contributed by atoms with van der Waals surface area (Å²) in [5, 5.41) is 6.82. The molecule has 1 amide bonds. The van der Waals surface area contributed by atoms with Gasteiger partial charge < -0.3 is 9.88 Å². The third kappa shape index (κ3) is 4.02. The molecule has 2 aromatic heterocycles. The Balaban J connectivity index is 1.62. The van der Waals surface area contributed by atoms with Gasteiger partial charge in [0.1, 0.15) is 11.5 Å². The lowest BCUT2D eigenvalue weighted by atomic mass is 10.2. The first-order valence-corrected chi connectivity index (χ1v) is 9.23. The van der Waals surface area contributed by atoms with E-state index >= 15 is 0 Å². The van der Waals surface area contributed by atoms with Gasteiger partial charge in [0.2, 0.25) is 5.43 Å². The van der Waals surface area contributed by atoms with E-state index in [-0.39, 0.29) is 11.4 Å². The number of rotatable bonds is 5. The number of nitrogens with zero attached hydrogens (tertiary/aromatic N) is 4. The van der Waals surface area contributed by atoms with Gasteiger partial charge in [-0.2, -0.15) is 5.10 Å². The number of imidazole rings is 1. The largest absolute Gasteiger partial charge is 0.333 e. The van der Waals surface area contributed by atoms with Crippen LogP contribution in [0.4, 0.5) is 10.1 Å². The van der Waals surface area contributed by atoms with E-state index in [1.54, 1.807) is 37.6 Å². The molecule has 0 fully saturated rings. The quantitative estimate of drug-likeness (QED) is 0.555. The Labute approximate surface area is 171 Å². The summed E-state index contributed by atoms with van der Waals surface area (Å²) >= 11 is 0. The Morgan fingerprint density at radius 1 is 1.13 bits per heavy atom. The average Bonchev–Trinajstić information content (AvgIpc) is 3.22. The summed E-state index contributed by atoms with van der Waals surface area (Å²) in [4.78, 5) is 29.1. The van der Waals surface area contributed by atoms with E-state index in [1.807, 2.05) is 29.0 Å². The SMILES string of the molecule is Cc1cc(=O)c(C(=O)Nc2cccc(Cn3ccnc3)c2)nn1-c1ccccc1F. The maximum Gasteiger partial charge on any atom is 0.280 e. The summed E-state index contributed by atoms with van der Waals surface area (Å²) in [6.07, 6.45) is 5.23. The monoisotopic (exact) mass is 403 g/mol. The predicted molar refractivity (Wildman–Crippen MR) is 110 cm³/mol. The van der Waals surface area contributed by atoms with Crippen molar-refractivity contribution in [3.8, 4) is 5.69 Å².